The molecule has 0 saturated carbocycles. The van der Waals surface area contributed by atoms with Crippen LogP contribution in [-0.4, -0.2) is 34.2 Å². The first-order valence-corrected chi connectivity index (χ1v) is 11.5. The third-order valence-electron chi connectivity index (χ3n) is 6.27. The Labute approximate surface area is 197 Å². The third-order valence-corrected chi connectivity index (χ3v) is 6.27. The molecule has 1 aliphatic rings. The summed E-state index contributed by atoms with van der Waals surface area (Å²) in [5, 5.41) is 12.7. The van der Waals surface area contributed by atoms with E-state index < -0.39 is 5.82 Å². The Bertz CT molecular complexity index is 1300. The van der Waals surface area contributed by atoms with E-state index in [0.29, 0.717) is 40.3 Å². The van der Waals surface area contributed by atoms with Crippen LogP contribution in [0.25, 0.3) is 22.2 Å². The van der Waals surface area contributed by atoms with E-state index in [9.17, 15) is 9.50 Å². The minimum Gasteiger partial charge on any atom is -0.462 e. The lowest BCUT2D eigenvalue weighted by atomic mass is 9.96. The summed E-state index contributed by atoms with van der Waals surface area (Å²) in [5.41, 5.74) is 11.7. The van der Waals surface area contributed by atoms with Gasteiger partial charge >= 0.3 is 0 Å². The summed E-state index contributed by atoms with van der Waals surface area (Å²) in [6.45, 7) is 4.25. The van der Waals surface area contributed by atoms with E-state index in [0.717, 1.165) is 36.6 Å². The molecule has 4 aromatic rings. The van der Waals surface area contributed by atoms with E-state index in [-0.39, 0.29) is 12.6 Å². The monoisotopic (exact) mass is 461 g/mol. The normalized spacial score (nSPS) is 18.4. The number of aliphatic hydroxyl groups is 1. The first-order chi connectivity index (χ1) is 16.5. The average molecular weight is 462 g/mol. The van der Waals surface area contributed by atoms with Gasteiger partial charge < -0.3 is 25.5 Å². The van der Waals surface area contributed by atoms with Gasteiger partial charge in [-0.25, -0.2) is 9.37 Å². The topological polar surface area (TPSA) is 100 Å². The van der Waals surface area contributed by atoms with Gasteiger partial charge in [-0.15, -0.1) is 0 Å². The standard InChI is InChI=1S/C26H28FN5O2/c1-16-8-18(28)13-32(12-16)24-6-7-29-11-23(24)30-10-19-3-5-25-26(31-19)21(15-34-25)20-4-2-17(14-33)9-22(20)27/h2-7,9,11,15-16,18,30,33H,8,10,12-14,28H2,1H3. The van der Waals surface area contributed by atoms with Crippen LogP contribution in [0.1, 0.15) is 24.6 Å². The Kier molecular flexibility index (Phi) is 6.17. The van der Waals surface area contributed by atoms with Gasteiger partial charge in [-0.3, -0.25) is 4.98 Å². The van der Waals surface area contributed by atoms with Crippen molar-refractivity contribution >= 4 is 22.5 Å². The van der Waals surface area contributed by atoms with Crippen LogP contribution in [0.5, 0.6) is 0 Å². The molecule has 1 fully saturated rings. The Morgan fingerprint density at radius 3 is 2.88 bits per heavy atom. The Hall–Kier alpha value is -3.49. The average Bonchev–Trinajstić information content (AvgIpc) is 3.25. The molecular formula is C26H28FN5O2. The van der Waals surface area contributed by atoms with Crippen LogP contribution in [0.2, 0.25) is 0 Å². The summed E-state index contributed by atoms with van der Waals surface area (Å²) in [4.78, 5) is 11.4. The van der Waals surface area contributed by atoms with Crippen molar-refractivity contribution in [1.82, 2.24) is 9.97 Å². The second-order valence-corrected chi connectivity index (χ2v) is 9.02. The molecule has 4 heterocycles. The van der Waals surface area contributed by atoms with E-state index in [1.165, 1.54) is 12.3 Å². The number of nitrogens with one attached hydrogen (secondary N) is 1. The molecule has 8 heteroatoms. The van der Waals surface area contributed by atoms with Crippen molar-refractivity contribution in [2.75, 3.05) is 23.3 Å². The lowest BCUT2D eigenvalue weighted by Crippen LogP contribution is -2.46. The van der Waals surface area contributed by atoms with E-state index in [1.807, 2.05) is 24.4 Å². The number of hydrogen-bond acceptors (Lipinski definition) is 7. The van der Waals surface area contributed by atoms with Crippen molar-refractivity contribution in [3.63, 3.8) is 0 Å². The van der Waals surface area contributed by atoms with Crippen LogP contribution >= 0.6 is 0 Å². The first-order valence-electron chi connectivity index (χ1n) is 11.5. The van der Waals surface area contributed by atoms with Gasteiger partial charge in [0.05, 0.1) is 36.4 Å². The number of rotatable bonds is 6. The van der Waals surface area contributed by atoms with Crippen LogP contribution in [0, 0.1) is 11.7 Å². The predicted molar refractivity (Wildman–Crippen MR) is 131 cm³/mol. The van der Waals surface area contributed by atoms with Gasteiger partial charge in [-0.1, -0.05) is 19.1 Å². The molecule has 0 radical (unpaired) electrons. The molecule has 176 valence electrons. The fourth-order valence-corrected chi connectivity index (χ4v) is 4.70. The predicted octanol–water partition coefficient (Wildman–Crippen LogP) is 4.31. The van der Waals surface area contributed by atoms with E-state index in [4.69, 9.17) is 15.1 Å². The zero-order valence-corrected chi connectivity index (χ0v) is 19.0. The lowest BCUT2D eigenvalue weighted by Gasteiger charge is -2.37. The Balaban J connectivity index is 1.39. The smallest absolute Gasteiger partial charge is 0.152 e. The molecular weight excluding hydrogens is 433 g/mol. The van der Waals surface area contributed by atoms with Crippen LogP contribution in [0.15, 0.2) is 59.5 Å². The maximum Gasteiger partial charge on any atom is 0.152 e. The van der Waals surface area contributed by atoms with Crippen molar-refractivity contribution in [2.24, 2.45) is 11.7 Å². The number of fused-ring (bicyclic) bond motifs is 1. The quantitative estimate of drug-likeness (QED) is 0.393. The Morgan fingerprint density at radius 2 is 2.09 bits per heavy atom. The second kappa shape index (κ2) is 9.40. The molecule has 3 aromatic heterocycles. The fourth-order valence-electron chi connectivity index (χ4n) is 4.70. The highest BCUT2D eigenvalue weighted by molar-refractivity contribution is 5.91. The van der Waals surface area contributed by atoms with Crippen molar-refractivity contribution < 1.29 is 13.9 Å². The number of anilines is 2. The zero-order valence-electron chi connectivity index (χ0n) is 19.0. The highest BCUT2D eigenvalue weighted by Crippen LogP contribution is 2.33. The third kappa shape index (κ3) is 4.47. The summed E-state index contributed by atoms with van der Waals surface area (Å²) in [5.74, 6) is 0.105. The minimum absolute atomic E-state index is 0.153. The highest BCUT2D eigenvalue weighted by atomic mass is 19.1. The van der Waals surface area contributed by atoms with Gasteiger partial charge in [-0.05, 0) is 42.2 Å². The summed E-state index contributed by atoms with van der Waals surface area (Å²) >= 11 is 0. The van der Waals surface area contributed by atoms with Crippen molar-refractivity contribution in [3.8, 4) is 11.1 Å². The highest BCUT2D eigenvalue weighted by Gasteiger charge is 2.24. The number of aromatic nitrogens is 2. The second-order valence-electron chi connectivity index (χ2n) is 9.02. The fraction of sp³-hybridized carbons (Fsp3) is 0.308. The molecule has 0 aliphatic carbocycles. The first kappa shape index (κ1) is 22.3. The van der Waals surface area contributed by atoms with Gasteiger partial charge in [0.15, 0.2) is 5.58 Å². The van der Waals surface area contributed by atoms with Gasteiger partial charge in [-0.2, -0.15) is 0 Å². The molecule has 5 rings (SSSR count). The molecule has 34 heavy (non-hydrogen) atoms. The zero-order chi connectivity index (χ0) is 23.7. The number of aliphatic hydroxyl groups excluding tert-OH is 1. The summed E-state index contributed by atoms with van der Waals surface area (Å²) in [6.07, 6.45) is 6.17. The molecule has 0 spiro atoms. The van der Waals surface area contributed by atoms with Crippen molar-refractivity contribution in [3.05, 3.63) is 72.1 Å². The maximum atomic E-state index is 14.7. The van der Waals surface area contributed by atoms with Gasteiger partial charge in [0, 0.05) is 36.5 Å². The molecule has 1 aliphatic heterocycles. The van der Waals surface area contributed by atoms with E-state index in [1.54, 1.807) is 18.3 Å². The van der Waals surface area contributed by atoms with Crippen LogP contribution in [0.4, 0.5) is 15.8 Å². The number of hydrogen-bond donors (Lipinski definition) is 3. The van der Waals surface area contributed by atoms with E-state index >= 15 is 0 Å². The molecule has 1 aromatic carbocycles. The molecule has 0 amide bonds. The molecule has 4 N–H and O–H groups in total. The van der Waals surface area contributed by atoms with Gasteiger partial charge in [0.2, 0.25) is 0 Å². The SMILES string of the molecule is CC1CC(N)CN(c2ccncc2NCc2ccc3occ(-c4ccc(CO)cc4F)c3n2)C1. The number of halogens is 1. The summed E-state index contributed by atoms with van der Waals surface area (Å²) in [6, 6.07) is 10.6. The maximum absolute atomic E-state index is 14.7. The lowest BCUT2D eigenvalue weighted by molar-refractivity contribution is 0.281. The number of furan rings is 1. The van der Waals surface area contributed by atoms with Gasteiger partial charge in [0.25, 0.3) is 0 Å². The van der Waals surface area contributed by atoms with Crippen LogP contribution in [0.3, 0.4) is 0 Å². The molecule has 0 bridgehead atoms. The van der Waals surface area contributed by atoms with E-state index in [2.05, 4.69) is 22.1 Å². The summed E-state index contributed by atoms with van der Waals surface area (Å²) < 4.78 is 20.3. The van der Waals surface area contributed by atoms with Crippen LogP contribution < -0.4 is 16.0 Å². The largest absolute Gasteiger partial charge is 0.462 e. The van der Waals surface area contributed by atoms with Crippen molar-refractivity contribution in [2.45, 2.75) is 32.5 Å². The molecule has 2 unspecified atom stereocenters. The molecule has 7 nitrogen and oxygen atoms in total. The minimum atomic E-state index is -0.423. The van der Waals surface area contributed by atoms with Crippen molar-refractivity contribution in [1.29, 1.82) is 0 Å². The number of nitrogens with zero attached hydrogens (tertiary/aromatic N) is 3. The summed E-state index contributed by atoms with van der Waals surface area (Å²) in [7, 11) is 0. The molecule has 1 saturated heterocycles. The number of piperidine rings is 1. The van der Waals surface area contributed by atoms with Gasteiger partial charge in [0.1, 0.15) is 17.6 Å². The van der Waals surface area contributed by atoms with Crippen LogP contribution in [-0.2, 0) is 13.2 Å². The number of nitrogens with two attached hydrogens (primary N) is 1. The Morgan fingerprint density at radius 1 is 1.21 bits per heavy atom. The molecule has 2 atom stereocenters. The number of pyridine rings is 2. The number of benzene rings is 1.